The second-order valence-corrected chi connectivity index (χ2v) is 5.39. The quantitative estimate of drug-likeness (QED) is 0.733. The van der Waals surface area contributed by atoms with Gasteiger partial charge in [0.15, 0.2) is 0 Å². The summed E-state index contributed by atoms with van der Waals surface area (Å²) in [6, 6.07) is 5.44. The van der Waals surface area contributed by atoms with Crippen molar-refractivity contribution in [2.24, 2.45) is 0 Å². The van der Waals surface area contributed by atoms with Crippen LogP contribution in [-0.4, -0.2) is 32.7 Å². The summed E-state index contributed by atoms with van der Waals surface area (Å²) in [7, 11) is -3.18. The highest BCUT2D eigenvalue weighted by atomic mass is 32.2. The summed E-state index contributed by atoms with van der Waals surface area (Å²) in [6.45, 7) is 2.44. The molecule has 0 aliphatic carbocycles. The molecule has 0 atom stereocenters. The van der Waals surface area contributed by atoms with E-state index < -0.39 is 10.0 Å². The summed E-state index contributed by atoms with van der Waals surface area (Å²) in [5, 5.41) is 11.8. The van der Waals surface area contributed by atoms with E-state index in [0.717, 1.165) is 11.9 Å². The van der Waals surface area contributed by atoms with Gasteiger partial charge in [0.1, 0.15) is 11.9 Å². The maximum absolute atomic E-state index is 10.8. The third-order valence-electron chi connectivity index (χ3n) is 1.94. The van der Waals surface area contributed by atoms with Crippen LogP contribution >= 0.6 is 0 Å². The van der Waals surface area contributed by atoms with E-state index in [1.54, 1.807) is 12.1 Å². The average Bonchev–Trinajstić information content (AvgIpc) is 2.23. The first-order valence-electron chi connectivity index (χ1n) is 4.98. The molecule has 0 radical (unpaired) electrons. The van der Waals surface area contributed by atoms with Crippen molar-refractivity contribution in [3.63, 3.8) is 0 Å². The van der Waals surface area contributed by atoms with Crippen molar-refractivity contribution in [3.8, 4) is 6.07 Å². The fourth-order valence-corrected chi connectivity index (χ4v) is 1.67. The van der Waals surface area contributed by atoms with E-state index in [1.165, 1.54) is 0 Å². The summed E-state index contributed by atoms with van der Waals surface area (Å²) in [6.07, 6.45) is 1.10. The smallest absolute Gasteiger partial charge is 0.208 e. The van der Waals surface area contributed by atoms with Crippen LogP contribution in [0.15, 0.2) is 12.1 Å². The average molecular weight is 254 g/mol. The molecule has 17 heavy (non-hydrogen) atoms. The van der Waals surface area contributed by atoms with Gasteiger partial charge in [-0.2, -0.15) is 5.26 Å². The normalized spacial score (nSPS) is 10.9. The summed E-state index contributed by atoms with van der Waals surface area (Å²) in [4.78, 5) is 4.17. The highest BCUT2D eigenvalue weighted by Crippen LogP contribution is 2.11. The number of aryl methyl sites for hydroxylation is 1. The van der Waals surface area contributed by atoms with Crippen LogP contribution in [0.5, 0.6) is 0 Å². The zero-order chi connectivity index (χ0) is 12.9. The maximum Gasteiger partial charge on any atom is 0.208 e. The highest BCUT2D eigenvalue weighted by molar-refractivity contribution is 7.88. The van der Waals surface area contributed by atoms with Crippen LogP contribution in [0.2, 0.25) is 0 Å². The Bertz CT molecular complexity index is 534. The van der Waals surface area contributed by atoms with Crippen molar-refractivity contribution in [2.45, 2.75) is 6.92 Å². The Morgan fingerprint density at radius 1 is 1.41 bits per heavy atom. The summed E-state index contributed by atoms with van der Waals surface area (Å²) >= 11 is 0. The predicted molar refractivity (Wildman–Crippen MR) is 65.0 cm³/mol. The Hall–Kier alpha value is -1.65. The van der Waals surface area contributed by atoms with Gasteiger partial charge in [-0.15, -0.1) is 0 Å². The van der Waals surface area contributed by atoms with Gasteiger partial charge >= 0.3 is 0 Å². The molecule has 1 rings (SSSR count). The van der Waals surface area contributed by atoms with E-state index in [9.17, 15) is 8.42 Å². The molecule has 92 valence electrons. The van der Waals surface area contributed by atoms with Gasteiger partial charge in [-0.1, -0.05) is 0 Å². The van der Waals surface area contributed by atoms with Crippen LogP contribution in [-0.2, 0) is 10.0 Å². The first-order valence-corrected chi connectivity index (χ1v) is 6.88. The number of sulfonamides is 1. The number of rotatable bonds is 5. The number of nitrogens with one attached hydrogen (secondary N) is 2. The van der Waals surface area contributed by atoms with Crippen molar-refractivity contribution in [1.29, 1.82) is 5.26 Å². The largest absolute Gasteiger partial charge is 0.368 e. The molecule has 7 heteroatoms. The number of anilines is 1. The molecule has 6 nitrogen and oxygen atoms in total. The minimum absolute atomic E-state index is 0.249. The van der Waals surface area contributed by atoms with Crippen LogP contribution in [0, 0.1) is 18.3 Å². The Morgan fingerprint density at radius 3 is 2.71 bits per heavy atom. The molecule has 1 heterocycles. The molecule has 0 amide bonds. The molecule has 0 spiro atoms. The first kappa shape index (κ1) is 13.4. The lowest BCUT2D eigenvalue weighted by atomic mass is 10.2. The Morgan fingerprint density at radius 2 is 2.12 bits per heavy atom. The van der Waals surface area contributed by atoms with Gasteiger partial charge in [0, 0.05) is 18.8 Å². The fraction of sp³-hybridized carbons (Fsp3) is 0.400. The van der Waals surface area contributed by atoms with E-state index in [-0.39, 0.29) is 6.54 Å². The van der Waals surface area contributed by atoms with Gasteiger partial charge in [-0.25, -0.2) is 18.1 Å². The number of pyridine rings is 1. The van der Waals surface area contributed by atoms with Gasteiger partial charge in [-0.05, 0) is 19.1 Å². The first-order chi connectivity index (χ1) is 7.92. The number of nitriles is 1. The molecular formula is C10H14N4O2S. The molecule has 0 bridgehead atoms. The summed E-state index contributed by atoms with van der Waals surface area (Å²) in [5.41, 5.74) is 1.23. The monoisotopic (exact) mass is 254 g/mol. The molecule has 2 N–H and O–H groups in total. The van der Waals surface area contributed by atoms with E-state index >= 15 is 0 Å². The van der Waals surface area contributed by atoms with Gasteiger partial charge in [0.05, 0.1) is 11.8 Å². The highest BCUT2D eigenvalue weighted by Gasteiger charge is 2.04. The zero-order valence-electron chi connectivity index (χ0n) is 9.69. The molecule has 0 saturated heterocycles. The molecule has 0 saturated carbocycles. The molecule has 0 aliphatic heterocycles. The third kappa shape index (κ3) is 4.80. The van der Waals surface area contributed by atoms with Gasteiger partial charge < -0.3 is 5.32 Å². The fourth-order valence-electron chi connectivity index (χ4n) is 1.20. The van der Waals surface area contributed by atoms with Crippen LogP contribution in [0.3, 0.4) is 0 Å². The third-order valence-corrected chi connectivity index (χ3v) is 2.67. The zero-order valence-corrected chi connectivity index (χ0v) is 10.5. The van der Waals surface area contributed by atoms with Crippen molar-refractivity contribution in [1.82, 2.24) is 9.71 Å². The second kappa shape index (κ2) is 5.61. The molecular weight excluding hydrogens is 240 g/mol. The topological polar surface area (TPSA) is 94.9 Å². The van der Waals surface area contributed by atoms with Crippen LogP contribution < -0.4 is 10.0 Å². The van der Waals surface area contributed by atoms with Crippen LogP contribution in [0.25, 0.3) is 0 Å². The summed E-state index contributed by atoms with van der Waals surface area (Å²) in [5.74, 6) is 0.475. The van der Waals surface area contributed by atoms with E-state index in [0.29, 0.717) is 17.9 Å². The summed E-state index contributed by atoms with van der Waals surface area (Å²) < 4.78 is 24.0. The molecule has 1 aromatic rings. The Kier molecular flexibility index (Phi) is 4.43. The Balaban J connectivity index is 2.58. The lowest BCUT2D eigenvalue weighted by Gasteiger charge is -2.08. The lowest BCUT2D eigenvalue weighted by Crippen LogP contribution is -2.28. The second-order valence-electron chi connectivity index (χ2n) is 3.55. The maximum atomic E-state index is 10.8. The number of aromatic nitrogens is 1. The predicted octanol–water partition coefficient (Wildman–Crippen LogP) is 0.223. The minimum atomic E-state index is -3.18. The lowest BCUT2D eigenvalue weighted by molar-refractivity contribution is 0.589. The van der Waals surface area contributed by atoms with Crippen molar-refractivity contribution in [3.05, 3.63) is 23.4 Å². The minimum Gasteiger partial charge on any atom is -0.368 e. The molecule has 0 unspecified atom stereocenters. The van der Waals surface area contributed by atoms with Crippen molar-refractivity contribution >= 4 is 15.8 Å². The van der Waals surface area contributed by atoms with E-state index in [2.05, 4.69) is 15.0 Å². The van der Waals surface area contributed by atoms with E-state index in [4.69, 9.17) is 5.26 Å². The standard InChI is InChI=1S/C10H14N4O2S/c1-8-3-4-9(7-11)10(14-8)12-5-6-13-17(2,15)16/h3-4,13H,5-6H2,1-2H3,(H,12,14). The molecule has 1 aromatic heterocycles. The molecule has 0 aliphatic rings. The molecule has 0 aromatic carbocycles. The van der Waals surface area contributed by atoms with Gasteiger partial charge in [-0.3, -0.25) is 0 Å². The van der Waals surface area contributed by atoms with Crippen LogP contribution in [0.1, 0.15) is 11.3 Å². The number of hydrogen-bond donors (Lipinski definition) is 2. The number of hydrogen-bond acceptors (Lipinski definition) is 5. The van der Waals surface area contributed by atoms with Gasteiger partial charge in [0.25, 0.3) is 0 Å². The van der Waals surface area contributed by atoms with Crippen LogP contribution in [0.4, 0.5) is 5.82 Å². The van der Waals surface area contributed by atoms with Gasteiger partial charge in [0.2, 0.25) is 10.0 Å². The molecule has 0 fully saturated rings. The van der Waals surface area contributed by atoms with Crippen molar-refractivity contribution in [2.75, 3.05) is 24.7 Å². The SMILES string of the molecule is Cc1ccc(C#N)c(NCCNS(C)(=O)=O)n1. The number of nitrogens with zero attached hydrogens (tertiary/aromatic N) is 2. The van der Waals surface area contributed by atoms with Crippen molar-refractivity contribution < 1.29 is 8.42 Å². The Labute approximate surface area is 101 Å². The van der Waals surface area contributed by atoms with E-state index in [1.807, 2.05) is 13.0 Å².